The van der Waals surface area contributed by atoms with E-state index in [2.05, 4.69) is 18.7 Å². The number of aromatic nitrogens is 1. The lowest BCUT2D eigenvalue weighted by Gasteiger charge is -2.24. The minimum Gasteiger partial charge on any atom is -0.503 e. The summed E-state index contributed by atoms with van der Waals surface area (Å²) < 4.78 is 7.08. The van der Waals surface area contributed by atoms with E-state index in [-0.39, 0.29) is 11.2 Å². The zero-order valence-electron chi connectivity index (χ0n) is 14.9. The van der Waals surface area contributed by atoms with Gasteiger partial charge in [-0.25, -0.2) is 0 Å². The van der Waals surface area contributed by atoms with E-state index >= 15 is 0 Å². The van der Waals surface area contributed by atoms with Crippen LogP contribution in [-0.2, 0) is 17.8 Å². The van der Waals surface area contributed by atoms with Crippen LogP contribution in [0.3, 0.4) is 0 Å². The highest BCUT2D eigenvalue weighted by Gasteiger charge is 2.11. The summed E-state index contributed by atoms with van der Waals surface area (Å²) in [5, 5.41) is 9.72. The Morgan fingerprint density at radius 3 is 2.39 bits per heavy atom. The molecule has 0 aliphatic rings. The summed E-state index contributed by atoms with van der Waals surface area (Å²) in [5.41, 5.74) is 0.671. The number of pyridine rings is 1. The van der Waals surface area contributed by atoms with Crippen LogP contribution >= 0.6 is 0 Å². The molecule has 0 aliphatic carbocycles. The summed E-state index contributed by atoms with van der Waals surface area (Å²) in [6, 6.07) is 1.58. The molecule has 0 amide bonds. The van der Waals surface area contributed by atoms with Crippen LogP contribution in [0, 0.1) is 0 Å². The third-order valence-corrected chi connectivity index (χ3v) is 3.99. The second kappa shape index (κ2) is 11.2. The number of ether oxygens (including phenoxy) is 1. The molecule has 0 aromatic carbocycles. The number of aryl methyl sites for hydroxylation is 1. The van der Waals surface area contributed by atoms with Gasteiger partial charge in [0.2, 0.25) is 5.43 Å². The molecule has 5 heteroatoms. The molecule has 1 aromatic rings. The molecule has 0 atom stereocenters. The average Bonchev–Trinajstić information content (AvgIpc) is 2.54. The minimum absolute atomic E-state index is 0.181. The number of nitrogens with zero attached hydrogens (tertiary/aromatic N) is 2. The van der Waals surface area contributed by atoms with Gasteiger partial charge in [-0.05, 0) is 32.4 Å². The van der Waals surface area contributed by atoms with Gasteiger partial charge in [0, 0.05) is 38.6 Å². The van der Waals surface area contributed by atoms with Crippen LogP contribution in [0.25, 0.3) is 0 Å². The maximum atomic E-state index is 11.8. The van der Waals surface area contributed by atoms with Crippen molar-refractivity contribution in [3.63, 3.8) is 0 Å². The van der Waals surface area contributed by atoms with Gasteiger partial charge in [0.15, 0.2) is 5.75 Å². The smallest absolute Gasteiger partial charge is 0.223 e. The van der Waals surface area contributed by atoms with Crippen LogP contribution in [0.1, 0.15) is 51.6 Å². The normalized spacial score (nSPS) is 11.3. The topological polar surface area (TPSA) is 54.7 Å². The van der Waals surface area contributed by atoms with Crippen LogP contribution in [0.15, 0.2) is 17.1 Å². The molecule has 0 fully saturated rings. The van der Waals surface area contributed by atoms with E-state index in [4.69, 9.17) is 4.74 Å². The van der Waals surface area contributed by atoms with Gasteiger partial charge in [-0.2, -0.15) is 0 Å². The first-order chi connectivity index (χ1) is 11.1. The third kappa shape index (κ3) is 7.18. The Kier molecular flexibility index (Phi) is 9.64. The van der Waals surface area contributed by atoms with E-state index in [9.17, 15) is 9.90 Å². The van der Waals surface area contributed by atoms with Crippen LogP contribution in [0.4, 0.5) is 0 Å². The Morgan fingerprint density at radius 1 is 1.17 bits per heavy atom. The van der Waals surface area contributed by atoms with Crippen LogP contribution < -0.4 is 5.43 Å². The number of hydrogen-bond donors (Lipinski definition) is 1. The molecule has 0 aliphatic heterocycles. The van der Waals surface area contributed by atoms with Gasteiger partial charge in [-0.1, -0.05) is 26.7 Å². The molecule has 1 N–H and O–H groups in total. The van der Waals surface area contributed by atoms with E-state index in [1.54, 1.807) is 19.4 Å². The Bertz CT molecular complexity index is 492. The summed E-state index contributed by atoms with van der Waals surface area (Å²) in [6.07, 6.45) is 7.07. The van der Waals surface area contributed by atoms with Gasteiger partial charge in [0.1, 0.15) is 0 Å². The summed E-state index contributed by atoms with van der Waals surface area (Å²) in [5.74, 6) is -0.181. The van der Waals surface area contributed by atoms with Gasteiger partial charge in [-0.3, -0.25) is 9.69 Å². The van der Waals surface area contributed by atoms with E-state index in [0.29, 0.717) is 6.61 Å². The van der Waals surface area contributed by atoms with Crippen LogP contribution in [-0.4, -0.2) is 41.4 Å². The Morgan fingerprint density at radius 2 is 1.83 bits per heavy atom. The van der Waals surface area contributed by atoms with Crippen LogP contribution in [0.5, 0.6) is 5.75 Å². The molecule has 1 heterocycles. The predicted molar refractivity (Wildman–Crippen MR) is 94.0 cm³/mol. The molecule has 0 saturated heterocycles. The summed E-state index contributed by atoms with van der Waals surface area (Å²) >= 11 is 0. The van der Waals surface area contributed by atoms with E-state index in [1.165, 1.54) is 12.8 Å². The van der Waals surface area contributed by atoms with Crippen molar-refractivity contribution >= 4 is 0 Å². The second-order valence-corrected chi connectivity index (χ2v) is 6.04. The Labute approximate surface area is 139 Å². The molecule has 0 radical (unpaired) electrons. The SMILES string of the molecule is CCCCN(CCCC)Cc1cc(=O)c(O)cn1CCCOC. The summed E-state index contributed by atoms with van der Waals surface area (Å²) in [7, 11) is 1.68. The quantitative estimate of drug-likeness (QED) is 0.601. The monoisotopic (exact) mass is 324 g/mol. The van der Waals surface area contributed by atoms with E-state index in [1.807, 2.05) is 4.57 Å². The first kappa shape index (κ1) is 19.7. The van der Waals surface area contributed by atoms with Gasteiger partial charge in [0.25, 0.3) is 0 Å². The molecule has 0 spiro atoms. The molecule has 0 bridgehead atoms. The number of hydrogen-bond acceptors (Lipinski definition) is 4. The van der Waals surface area contributed by atoms with Crippen molar-refractivity contribution < 1.29 is 9.84 Å². The highest BCUT2D eigenvalue weighted by molar-refractivity contribution is 5.20. The molecule has 132 valence electrons. The van der Waals surface area contributed by atoms with Gasteiger partial charge < -0.3 is 14.4 Å². The highest BCUT2D eigenvalue weighted by Crippen LogP contribution is 2.11. The van der Waals surface area contributed by atoms with Gasteiger partial charge in [-0.15, -0.1) is 0 Å². The number of aromatic hydroxyl groups is 1. The van der Waals surface area contributed by atoms with Crippen molar-refractivity contribution in [3.05, 3.63) is 28.2 Å². The van der Waals surface area contributed by atoms with Crippen LogP contribution in [0.2, 0.25) is 0 Å². The fourth-order valence-corrected chi connectivity index (χ4v) is 2.59. The molecule has 0 unspecified atom stereocenters. The molecule has 0 saturated carbocycles. The zero-order chi connectivity index (χ0) is 17.1. The fraction of sp³-hybridized carbons (Fsp3) is 0.722. The van der Waals surface area contributed by atoms with E-state index < -0.39 is 0 Å². The lowest BCUT2D eigenvalue weighted by Crippen LogP contribution is -2.28. The second-order valence-electron chi connectivity index (χ2n) is 6.04. The zero-order valence-corrected chi connectivity index (χ0v) is 14.9. The average molecular weight is 324 g/mol. The molecular weight excluding hydrogens is 292 g/mol. The lowest BCUT2D eigenvalue weighted by molar-refractivity contribution is 0.188. The standard InChI is InChI=1S/C18H32N2O3/c1-4-6-9-19(10-7-5-2)14-16-13-17(21)18(22)15-20(16)11-8-12-23-3/h13,15,22H,4-12,14H2,1-3H3. The number of methoxy groups -OCH3 is 1. The van der Waals surface area contributed by atoms with Crippen molar-refractivity contribution in [1.29, 1.82) is 0 Å². The highest BCUT2D eigenvalue weighted by atomic mass is 16.5. The Hall–Kier alpha value is -1.33. The molecule has 5 nitrogen and oxygen atoms in total. The van der Waals surface area contributed by atoms with Crippen molar-refractivity contribution in [2.45, 2.75) is 59.0 Å². The molecule has 23 heavy (non-hydrogen) atoms. The maximum absolute atomic E-state index is 11.8. The van der Waals surface area contributed by atoms with E-state index in [0.717, 1.165) is 51.1 Å². The first-order valence-electron chi connectivity index (χ1n) is 8.76. The number of unbranched alkanes of at least 4 members (excludes halogenated alkanes) is 2. The molecular formula is C18H32N2O3. The van der Waals surface area contributed by atoms with Crippen molar-refractivity contribution in [3.8, 4) is 5.75 Å². The first-order valence-corrected chi connectivity index (χ1v) is 8.76. The molecule has 1 rings (SSSR count). The maximum Gasteiger partial charge on any atom is 0.223 e. The van der Waals surface area contributed by atoms with Gasteiger partial charge >= 0.3 is 0 Å². The van der Waals surface area contributed by atoms with Gasteiger partial charge in [0.05, 0.1) is 6.20 Å². The number of rotatable bonds is 12. The summed E-state index contributed by atoms with van der Waals surface area (Å²) in [6.45, 7) is 8.64. The van der Waals surface area contributed by atoms with Crippen molar-refractivity contribution in [2.75, 3.05) is 26.8 Å². The lowest BCUT2D eigenvalue weighted by atomic mass is 10.2. The van der Waals surface area contributed by atoms with Crippen molar-refractivity contribution in [2.24, 2.45) is 0 Å². The predicted octanol–water partition coefficient (Wildman–Crippen LogP) is 2.99. The fourth-order valence-electron chi connectivity index (χ4n) is 2.59. The largest absolute Gasteiger partial charge is 0.503 e. The third-order valence-electron chi connectivity index (χ3n) is 3.99. The molecule has 1 aromatic heterocycles. The van der Waals surface area contributed by atoms with Crippen molar-refractivity contribution in [1.82, 2.24) is 9.47 Å². The minimum atomic E-state index is -0.297. The summed E-state index contributed by atoms with van der Waals surface area (Å²) in [4.78, 5) is 14.2. The Balaban J connectivity index is 2.87.